The van der Waals surface area contributed by atoms with Gasteiger partial charge in [0.25, 0.3) is 0 Å². The van der Waals surface area contributed by atoms with Gasteiger partial charge in [0.1, 0.15) is 0 Å². The average Bonchev–Trinajstić information content (AvgIpc) is 3.09. The highest BCUT2D eigenvalue weighted by Gasteiger charge is 2.46. The molecular formula is C19H18BrClN2O2S2. The van der Waals surface area contributed by atoms with Gasteiger partial charge in [-0.15, -0.1) is 0 Å². The van der Waals surface area contributed by atoms with Gasteiger partial charge in [0.05, 0.1) is 23.6 Å². The Bertz CT molecular complexity index is 962. The largest absolute Gasteiger partial charge is 0.341 e. The van der Waals surface area contributed by atoms with E-state index in [0.29, 0.717) is 11.6 Å². The van der Waals surface area contributed by atoms with E-state index in [2.05, 4.69) is 33.0 Å². The molecule has 0 aliphatic carbocycles. The van der Waals surface area contributed by atoms with Crippen LogP contribution in [0.4, 0.5) is 0 Å². The van der Waals surface area contributed by atoms with Gasteiger partial charge in [-0.3, -0.25) is 4.99 Å². The smallest absolute Gasteiger partial charge is 0.160 e. The summed E-state index contributed by atoms with van der Waals surface area (Å²) in [5.41, 5.74) is 2.31. The minimum atomic E-state index is -3.02. The van der Waals surface area contributed by atoms with Crippen LogP contribution < -0.4 is 0 Å². The predicted octanol–water partition coefficient (Wildman–Crippen LogP) is 4.37. The van der Waals surface area contributed by atoms with Crippen molar-refractivity contribution in [1.82, 2.24) is 4.90 Å². The second kappa shape index (κ2) is 7.78. The van der Waals surface area contributed by atoms with E-state index in [4.69, 9.17) is 16.6 Å². The molecule has 8 heteroatoms. The molecule has 0 spiro atoms. The summed E-state index contributed by atoms with van der Waals surface area (Å²) in [5.74, 6) is 1.13. The lowest BCUT2D eigenvalue weighted by atomic mass is 10.1. The number of aliphatic imine (C=N–C) groups is 1. The second-order valence-corrected chi connectivity index (χ2v) is 11.2. The number of amidine groups is 1. The SMILES string of the molecule is O=S1(=O)C[C@H]2N=C(SCc3ccc(Br)cc3)N(Cc3ccc(Cl)cc3)[C@H]2C1. The summed E-state index contributed by atoms with van der Waals surface area (Å²) in [5, 5.41) is 1.62. The highest BCUT2D eigenvalue weighted by Crippen LogP contribution is 2.33. The van der Waals surface area contributed by atoms with E-state index >= 15 is 0 Å². The Morgan fingerprint density at radius 3 is 2.44 bits per heavy atom. The lowest BCUT2D eigenvalue weighted by Gasteiger charge is -2.26. The van der Waals surface area contributed by atoms with Crippen LogP contribution in [0.2, 0.25) is 5.02 Å². The van der Waals surface area contributed by atoms with Crippen LogP contribution in [-0.2, 0) is 22.1 Å². The van der Waals surface area contributed by atoms with Gasteiger partial charge in [0, 0.05) is 21.8 Å². The molecule has 1 saturated heterocycles. The second-order valence-electron chi connectivity index (χ2n) is 6.79. The fraction of sp³-hybridized carbons (Fsp3) is 0.316. The van der Waals surface area contributed by atoms with Gasteiger partial charge < -0.3 is 4.90 Å². The molecule has 4 rings (SSSR count). The fourth-order valence-electron chi connectivity index (χ4n) is 3.41. The minimum absolute atomic E-state index is 0.0712. The Morgan fingerprint density at radius 1 is 1.07 bits per heavy atom. The Labute approximate surface area is 177 Å². The quantitative estimate of drug-likeness (QED) is 0.645. The third kappa shape index (κ3) is 4.53. The average molecular weight is 486 g/mol. The molecule has 0 amide bonds. The number of sulfone groups is 1. The van der Waals surface area contributed by atoms with Crippen LogP contribution in [0.5, 0.6) is 0 Å². The molecule has 0 radical (unpaired) electrons. The molecule has 0 saturated carbocycles. The molecule has 4 nitrogen and oxygen atoms in total. The summed E-state index contributed by atoms with van der Waals surface area (Å²) in [6.07, 6.45) is 0. The Hall–Kier alpha value is -1.02. The first-order chi connectivity index (χ1) is 12.9. The molecule has 2 heterocycles. The Morgan fingerprint density at radius 2 is 1.74 bits per heavy atom. The van der Waals surface area contributed by atoms with Gasteiger partial charge in [-0.2, -0.15) is 0 Å². The maximum atomic E-state index is 12.1. The van der Waals surface area contributed by atoms with Crippen LogP contribution in [0, 0.1) is 0 Å². The van der Waals surface area contributed by atoms with Crippen molar-refractivity contribution in [1.29, 1.82) is 0 Å². The van der Waals surface area contributed by atoms with Crippen LogP contribution in [0.25, 0.3) is 0 Å². The van der Waals surface area contributed by atoms with Crippen molar-refractivity contribution in [3.63, 3.8) is 0 Å². The summed E-state index contributed by atoms with van der Waals surface area (Å²) in [6.45, 7) is 0.639. The molecule has 0 unspecified atom stereocenters. The predicted molar refractivity (Wildman–Crippen MR) is 116 cm³/mol. The summed E-state index contributed by atoms with van der Waals surface area (Å²) < 4.78 is 25.2. The maximum Gasteiger partial charge on any atom is 0.160 e. The summed E-state index contributed by atoms with van der Waals surface area (Å²) in [4.78, 5) is 6.92. The van der Waals surface area contributed by atoms with E-state index in [9.17, 15) is 8.42 Å². The van der Waals surface area contributed by atoms with Crippen LogP contribution in [-0.4, -0.2) is 42.1 Å². The van der Waals surface area contributed by atoms with Crippen LogP contribution >= 0.6 is 39.3 Å². The number of hydrogen-bond donors (Lipinski definition) is 0. The molecule has 2 atom stereocenters. The van der Waals surface area contributed by atoms with Crippen LogP contribution in [0.15, 0.2) is 58.0 Å². The van der Waals surface area contributed by atoms with E-state index in [1.54, 1.807) is 11.8 Å². The minimum Gasteiger partial charge on any atom is -0.341 e. The van der Waals surface area contributed by atoms with Gasteiger partial charge in [-0.25, -0.2) is 8.42 Å². The molecular weight excluding hydrogens is 468 g/mol. The molecule has 1 fully saturated rings. The lowest BCUT2D eigenvalue weighted by molar-refractivity contribution is 0.343. The lowest BCUT2D eigenvalue weighted by Crippen LogP contribution is -2.38. The van der Waals surface area contributed by atoms with Gasteiger partial charge in [-0.05, 0) is 35.4 Å². The van der Waals surface area contributed by atoms with Crippen molar-refractivity contribution in [2.75, 3.05) is 11.5 Å². The number of hydrogen-bond acceptors (Lipinski definition) is 5. The third-order valence-corrected chi connectivity index (χ3v) is 8.32. The number of benzene rings is 2. The van der Waals surface area contributed by atoms with E-state index in [1.165, 1.54) is 5.56 Å². The summed E-state index contributed by atoms with van der Waals surface area (Å²) in [7, 11) is -3.02. The Kier molecular flexibility index (Phi) is 5.56. The molecule has 0 N–H and O–H groups in total. The summed E-state index contributed by atoms with van der Waals surface area (Å²) >= 11 is 11.1. The molecule has 27 heavy (non-hydrogen) atoms. The van der Waals surface area contributed by atoms with Gasteiger partial charge in [0.15, 0.2) is 15.0 Å². The number of halogens is 2. The summed E-state index contributed by atoms with van der Waals surface area (Å²) in [6, 6.07) is 15.7. The zero-order valence-corrected chi connectivity index (χ0v) is 18.4. The van der Waals surface area contributed by atoms with E-state index in [1.807, 2.05) is 36.4 Å². The normalized spacial score (nSPS) is 23.3. The van der Waals surface area contributed by atoms with E-state index in [-0.39, 0.29) is 23.6 Å². The number of thioether (sulfide) groups is 1. The van der Waals surface area contributed by atoms with Gasteiger partial charge >= 0.3 is 0 Å². The molecule has 142 valence electrons. The van der Waals surface area contributed by atoms with Crippen molar-refractivity contribution in [2.24, 2.45) is 4.99 Å². The first-order valence-corrected chi connectivity index (χ1v) is 12.5. The highest BCUT2D eigenvalue weighted by molar-refractivity contribution is 9.10. The first kappa shape index (κ1) is 19.3. The Balaban J connectivity index is 1.53. The molecule has 2 aromatic rings. The van der Waals surface area contributed by atoms with Crippen molar-refractivity contribution in [2.45, 2.75) is 24.4 Å². The van der Waals surface area contributed by atoms with Crippen molar-refractivity contribution >= 4 is 54.3 Å². The monoisotopic (exact) mass is 484 g/mol. The third-order valence-electron chi connectivity index (χ3n) is 4.76. The maximum absolute atomic E-state index is 12.1. The highest BCUT2D eigenvalue weighted by atomic mass is 79.9. The van der Waals surface area contributed by atoms with E-state index < -0.39 is 9.84 Å². The van der Waals surface area contributed by atoms with Crippen molar-refractivity contribution in [3.05, 3.63) is 69.2 Å². The molecule has 2 aromatic carbocycles. The number of nitrogens with zero attached hydrogens (tertiary/aromatic N) is 2. The molecule has 2 aliphatic rings. The molecule has 2 aliphatic heterocycles. The van der Waals surface area contributed by atoms with Crippen molar-refractivity contribution in [3.8, 4) is 0 Å². The number of rotatable bonds is 4. The molecule has 0 aromatic heterocycles. The zero-order valence-electron chi connectivity index (χ0n) is 14.4. The van der Waals surface area contributed by atoms with Gasteiger partial charge in [0.2, 0.25) is 0 Å². The molecule has 0 bridgehead atoms. The van der Waals surface area contributed by atoms with Gasteiger partial charge in [-0.1, -0.05) is 63.6 Å². The van der Waals surface area contributed by atoms with Crippen LogP contribution in [0.3, 0.4) is 0 Å². The van der Waals surface area contributed by atoms with E-state index in [0.717, 1.165) is 21.0 Å². The van der Waals surface area contributed by atoms with Crippen LogP contribution in [0.1, 0.15) is 11.1 Å². The topological polar surface area (TPSA) is 49.7 Å². The first-order valence-electron chi connectivity index (χ1n) is 8.56. The van der Waals surface area contributed by atoms with Crippen molar-refractivity contribution < 1.29 is 8.42 Å². The standard InChI is InChI=1S/C19H18BrClN2O2S2/c20-15-5-1-14(2-6-15)10-26-19-22-17-11-27(24,25)12-18(17)23(19)9-13-3-7-16(21)8-4-13/h1-8,17-18H,9-12H2/t17-,18+/m1/s1. The zero-order chi connectivity index (χ0) is 19.0. The fourth-order valence-corrected chi connectivity index (χ4v) is 6.74. The number of fused-ring (bicyclic) bond motifs is 1.